The Balaban J connectivity index is 1.81. The third-order valence-corrected chi connectivity index (χ3v) is 5.42. The molecule has 1 aromatic carbocycles. The van der Waals surface area contributed by atoms with Gasteiger partial charge in [0, 0.05) is 17.6 Å². The van der Waals surface area contributed by atoms with Crippen LogP contribution in [0, 0.1) is 5.92 Å². The molecule has 1 heterocycles. The summed E-state index contributed by atoms with van der Waals surface area (Å²) in [6.07, 6.45) is 3.56. The number of carbonyl (C=O) groups is 2. The van der Waals surface area contributed by atoms with Gasteiger partial charge in [-0.25, -0.2) is 0 Å². The zero-order chi connectivity index (χ0) is 15.0. The van der Waals surface area contributed by atoms with Crippen LogP contribution in [0.25, 0.3) is 0 Å². The van der Waals surface area contributed by atoms with Gasteiger partial charge in [-0.15, -0.1) is 0 Å². The Morgan fingerprint density at radius 1 is 1.24 bits per heavy atom. The predicted octanol–water partition coefficient (Wildman–Crippen LogP) is 2.20. The van der Waals surface area contributed by atoms with E-state index in [1.165, 1.54) is 0 Å². The molecule has 3 rings (SSSR count). The second-order valence-electron chi connectivity index (χ2n) is 6.08. The number of amides is 2. The van der Waals surface area contributed by atoms with Crippen LogP contribution >= 0.6 is 15.9 Å². The molecule has 0 bridgehead atoms. The number of nitrogens with two attached hydrogens (primary N) is 1. The van der Waals surface area contributed by atoms with Crippen LogP contribution in [0.4, 0.5) is 0 Å². The maximum atomic E-state index is 13.0. The zero-order valence-electron chi connectivity index (χ0n) is 11.8. The van der Waals surface area contributed by atoms with E-state index in [4.69, 9.17) is 5.73 Å². The van der Waals surface area contributed by atoms with Crippen LogP contribution < -0.4 is 5.73 Å². The summed E-state index contributed by atoms with van der Waals surface area (Å²) in [6.45, 7) is 1.12. The van der Waals surface area contributed by atoms with Gasteiger partial charge in [-0.1, -0.05) is 34.5 Å². The van der Waals surface area contributed by atoms with Crippen LogP contribution in [0.5, 0.6) is 0 Å². The molecule has 0 radical (unpaired) electrons. The average molecular weight is 351 g/mol. The third-order valence-electron chi connectivity index (χ3n) is 4.89. The molecule has 1 aromatic rings. The van der Waals surface area contributed by atoms with Crippen LogP contribution in [-0.4, -0.2) is 29.8 Å². The number of benzene rings is 1. The van der Waals surface area contributed by atoms with Crippen molar-refractivity contribution in [1.29, 1.82) is 0 Å². The van der Waals surface area contributed by atoms with E-state index in [0.717, 1.165) is 29.3 Å². The normalized spacial score (nSPS) is 23.7. The van der Waals surface area contributed by atoms with Crippen molar-refractivity contribution in [3.63, 3.8) is 0 Å². The lowest BCUT2D eigenvalue weighted by Gasteiger charge is -2.43. The van der Waals surface area contributed by atoms with Gasteiger partial charge in [0.25, 0.3) is 0 Å². The van der Waals surface area contributed by atoms with Gasteiger partial charge >= 0.3 is 0 Å². The van der Waals surface area contributed by atoms with Gasteiger partial charge < -0.3 is 10.6 Å². The van der Waals surface area contributed by atoms with E-state index in [0.29, 0.717) is 19.5 Å². The molecule has 21 heavy (non-hydrogen) atoms. The van der Waals surface area contributed by atoms with Gasteiger partial charge in [0.1, 0.15) is 0 Å². The summed E-state index contributed by atoms with van der Waals surface area (Å²) in [5.74, 6) is -0.313. The first-order valence-corrected chi connectivity index (χ1v) is 8.17. The van der Waals surface area contributed by atoms with Crippen molar-refractivity contribution >= 4 is 27.7 Å². The minimum absolute atomic E-state index is 0.167. The largest absolute Gasteiger partial charge is 0.369 e. The molecule has 112 valence electrons. The number of hydrogen-bond acceptors (Lipinski definition) is 2. The Bertz CT molecular complexity index is 566. The first-order valence-electron chi connectivity index (χ1n) is 7.38. The molecule has 4 nitrogen and oxygen atoms in total. The van der Waals surface area contributed by atoms with Gasteiger partial charge in [0.05, 0.1) is 11.3 Å². The van der Waals surface area contributed by atoms with Gasteiger partial charge in [0.2, 0.25) is 11.8 Å². The summed E-state index contributed by atoms with van der Waals surface area (Å²) in [7, 11) is 0. The maximum Gasteiger partial charge on any atom is 0.233 e. The fourth-order valence-electron chi connectivity index (χ4n) is 3.40. The van der Waals surface area contributed by atoms with Gasteiger partial charge in [-0.05, 0) is 37.0 Å². The molecule has 1 aliphatic carbocycles. The van der Waals surface area contributed by atoms with Gasteiger partial charge in [0.15, 0.2) is 0 Å². The topological polar surface area (TPSA) is 63.4 Å². The third kappa shape index (κ3) is 2.48. The van der Waals surface area contributed by atoms with Crippen LogP contribution in [-0.2, 0) is 15.0 Å². The van der Waals surface area contributed by atoms with Crippen molar-refractivity contribution in [3.8, 4) is 0 Å². The van der Waals surface area contributed by atoms with E-state index in [2.05, 4.69) is 15.9 Å². The Hall–Kier alpha value is -1.36. The molecule has 1 saturated carbocycles. The number of hydrogen-bond donors (Lipinski definition) is 1. The lowest BCUT2D eigenvalue weighted by Crippen LogP contribution is -2.50. The molecule has 0 spiro atoms. The maximum absolute atomic E-state index is 13.0. The smallest absolute Gasteiger partial charge is 0.233 e. The molecule has 2 fully saturated rings. The van der Waals surface area contributed by atoms with Crippen molar-refractivity contribution in [3.05, 3.63) is 34.3 Å². The summed E-state index contributed by atoms with van der Waals surface area (Å²) in [4.78, 5) is 26.1. The lowest BCUT2D eigenvalue weighted by atomic mass is 9.63. The molecule has 2 aliphatic rings. The van der Waals surface area contributed by atoms with Crippen LogP contribution in [0.3, 0.4) is 0 Å². The van der Waals surface area contributed by atoms with E-state index in [1.807, 2.05) is 29.2 Å². The second kappa shape index (κ2) is 5.44. The summed E-state index contributed by atoms with van der Waals surface area (Å²) >= 11 is 3.43. The first-order chi connectivity index (χ1) is 10.0. The van der Waals surface area contributed by atoms with Gasteiger partial charge in [-0.3, -0.25) is 9.59 Å². The highest BCUT2D eigenvalue weighted by Crippen LogP contribution is 2.46. The van der Waals surface area contributed by atoms with Crippen molar-refractivity contribution in [2.45, 2.75) is 31.1 Å². The SMILES string of the molecule is NC(=O)[C@H]1CCN(C(=O)C2(c3ccc(Br)cc3)CCC2)C1. The highest BCUT2D eigenvalue weighted by Gasteiger charge is 2.48. The molecule has 2 amide bonds. The van der Waals surface area contributed by atoms with Crippen LogP contribution in [0.1, 0.15) is 31.2 Å². The number of likely N-dealkylation sites (tertiary alicyclic amines) is 1. The molecular weight excluding hydrogens is 332 g/mol. The molecule has 2 N–H and O–H groups in total. The average Bonchev–Trinajstić information content (AvgIpc) is 2.89. The predicted molar refractivity (Wildman–Crippen MR) is 83.6 cm³/mol. The Morgan fingerprint density at radius 3 is 2.38 bits per heavy atom. The summed E-state index contributed by atoms with van der Waals surface area (Å²) in [6, 6.07) is 8.03. The monoisotopic (exact) mass is 350 g/mol. The van der Waals surface area contributed by atoms with Crippen LogP contribution in [0.15, 0.2) is 28.7 Å². The standard InChI is InChI=1S/C16H19BrN2O2/c17-13-4-2-12(3-5-13)16(7-1-8-16)15(21)19-9-6-11(10-19)14(18)20/h2-5,11H,1,6-10H2,(H2,18,20)/t11-/m0/s1. The van der Waals surface area contributed by atoms with E-state index >= 15 is 0 Å². The fraction of sp³-hybridized carbons (Fsp3) is 0.500. The summed E-state index contributed by atoms with van der Waals surface area (Å²) in [5.41, 5.74) is 6.07. The Kier molecular flexibility index (Phi) is 3.78. The minimum Gasteiger partial charge on any atom is -0.369 e. The van der Waals surface area contributed by atoms with E-state index in [-0.39, 0.29) is 23.1 Å². The van der Waals surface area contributed by atoms with Gasteiger partial charge in [-0.2, -0.15) is 0 Å². The minimum atomic E-state index is -0.382. The zero-order valence-corrected chi connectivity index (χ0v) is 13.4. The molecule has 1 saturated heterocycles. The molecule has 1 atom stereocenters. The number of halogens is 1. The van der Waals surface area contributed by atoms with E-state index in [1.54, 1.807) is 0 Å². The summed E-state index contributed by atoms with van der Waals surface area (Å²) < 4.78 is 1.02. The van der Waals surface area contributed by atoms with E-state index < -0.39 is 0 Å². The highest BCUT2D eigenvalue weighted by atomic mass is 79.9. The summed E-state index contributed by atoms with van der Waals surface area (Å²) in [5, 5.41) is 0. The highest BCUT2D eigenvalue weighted by molar-refractivity contribution is 9.10. The van der Waals surface area contributed by atoms with Crippen molar-refractivity contribution in [2.75, 3.05) is 13.1 Å². The molecule has 0 aromatic heterocycles. The molecule has 0 unspecified atom stereocenters. The van der Waals surface area contributed by atoms with Crippen molar-refractivity contribution < 1.29 is 9.59 Å². The molecular formula is C16H19BrN2O2. The van der Waals surface area contributed by atoms with E-state index in [9.17, 15) is 9.59 Å². The molecule has 5 heteroatoms. The lowest BCUT2D eigenvalue weighted by molar-refractivity contribution is -0.140. The fourth-order valence-corrected chi connectivity index (χ4v) is 3.67. The second-order valence-corrected chi connectivity index (χ2v) is 7.00. The number of carbonyl (C=O) groups excluding carboxylic acids is 2. The number of rotatable bonds is 3. The number of primary amides is 1. The van der Waals surface area contributed by atoms with Crippen molar-refractivity contribution in [2.24, 2.45) is 11.7 Å². The Labute approximate surface area is 132 Å². The quantitative estimate of drug-likeness (QED) is 0.908. The Morgan fingerprint density at radius 2 is 1.90 bits per heavy atom. The first kappa shape index (κ1) is 14.6. The van der Waals surface area contributed by atoms with Crippen LogP contribution in [0.2, 0.25) is 0 Å². The van der Waals surface area contributed by atoms with Crippen molar-refractivity contribution in [1.82, 2.24) is 4.90 Å². The number of nitrogens with zero attached hydrogens (tertiary/aromatic N) is 1. The molecule has 1 aliphatic heterocycles.